The first kappa shape index (κ1) is 18.0. The minimum Gasteiger partial charge on any atom is -0.296 e. The number of halogens is 2. The summed E-state index contributed by atoms with van der Waals surface area (Å²) in [4.78, 5) is 3.51. The normalized spacial score (nSPS) is 17.3. The molecule has 0 aliphatic carbocycles. The number of nitrogens with zero attached hydrogens (tertiary/aromatic N) is 2. The van der Waals surface area contributed by atoms with Gasteiger partial charge in [0.15, 0.2) is 0 Å². The van der Waals surface area contributed by atoms with Gasteiger partial charge < -0.3 is 0 Å². The van der Waals surface area contributed by atoms with Crippen molar-refractivity contribution < 1.29 is 12.8 Å². The van der Waals surface area contributed by atoms with Crippen LogP contribution in [-0.2, 0) is 16.6 Å². The van der Waals surface area contributed by atoms with Gasteiger partial charge in [0.2, 0.25) is 10.0 Å². The first-order valence-corrected chi connectivity index (χ1v) is 10.6. The van der Waals surface area contributed by atoms with Gasteiger partial charge in [0, 0.05) is 37.6 Å². The van der Waals surface area contributed by atoms with Crippen molar-refractivity contribution in [3.05, 3.63) is 50.4 Å². The number of rotatable bonds is 4. The van der Waals surface area contributed by atoms with Crippen molar-refractivity contribution in [3.63, 3.8) is 0 Å². The van der Waals surface area contributed by atoms with Crippen LogP contribution in [0.5, 0.6) is 0 Å². The lowest BCUT2D eigenvalue weighted by atomic mass is 10.2. The molecule has 0 bridgehead atoms. The molecule has 0 unspecified atom stereocenters. The molecule has 0 atom stereocenters. The third kappa shape index (κ3) is 3.88. The molecule has 0 N–H and O–H groups in total. The molecule has 0 saturated carbocycles. The Morgan fingerprint density at radius 2 is 1.88 bits per heavy atom. The SMILES string of the molecule is Cc1ccc(S(=O)(=O)N2CCN(Cc3ccc(Br)s3)CC2)cc1F. The quantitative estimate of drug-likeness (QED) is 0.742. The fourth-order valence-corrected chi connectivity index (χ4v) is 5.63. The van der Waals surface area contributed by atoms with Gasteiger partial charge in [0.1, 0.15) is 5.82 Å². The van der Waals surface area contributed by atoms with Crippen LogP contribution in [0.3, 0.4) is 0 Å². The van der Waals surface area contributed by atoms with Crippen LogP contribution >= 0.6 is 27.3 Å². The topological polar surface area (TPSA) is 40.6 Å². The van der Waals surface area contributed by atoms with Crippen molar-refractivity contribution in [2.24, 2.45) is 0 Å². The Kier molecular flexibility index (Phi) is 5.41. The summed E-state index contributed by atoms with van der Waals surface area (Å²) in [7, 11) is -3.63. The number of sulfonamides is 1. The highest BCUT2D eigenvalue weighted by atomic mass is 79.9. The number of aryl methyl sites for hydroxylation is 1. The predicted molar refractivity (Wildman–Crippen MR) is 97.2 cm³/mol. The van der Waals surface area contributed by atoms with E-state index < -0.39 is 15.8 Å². The van der Waals surface area contributed by atoms with E-state index in [0.717, 1.165) is 16.4 Å². The molecule has 1 aromatic carbocycles. The van der Waals surface area contributed by atoms with E-state index in [1.54, 1.807) is 18.3 Å². The van der Waals surface area contributed by atoms with Gasteiger partial charge >= 0.3 is 0 Å². The molecule has 1 saturated heterocycles. The van der Waals surface area contributed by atoms with E-state index in [4.69, 9.17) is 0 Å². The van der Waals surface area contributed by atoms with Crippen molar-refractivity contribution >= 4 is 37.3 Å². The molecule has 0 spiro atoms. The maximum atomic E-state index is 13.7. The van der Waals surface area contributed by atoms with E-state index >= 15 is 0 Å². The van der Waals surface area contributed by atoms with Crippen molar-refractivity contribution in [1.82, 2.24) is 9.21 Å². The lowest BCUT2D eigenvalue weighted by Crippen LogP contribution is -2.48. The lowest BCUT2D eigenvalue weighted by Gasteiger charge is -2.33. The van der Waals surface area contributed by atoms with Crippen LogP contribution in [-0.4, -0.2) is 43.8 Å². The Bertz CT molecular complexity index is 830. The average Bonchev–Trinajstić information content (AvgIpc) is 2.95. The zero-order chi connectivity index (χ0) is 17.3. The average molecular weight is 433 g/mol. The molecular weight excluding hydrogens is 415 g/mol. The summed E-state index contributed by atoms with van der Waals surface area (Å²) in [5.74, 6) is -0.488. The second kappa shape index (κ2) is 7.21. The van der Waals surface area contributed by atoms with Crippen molar-refractivity contribution in [3.8, 4) is 0 Å². The van der Waals surface area contributed by atoms with Gasteiger partial charge in [-0.3, -0.25) is 4.90 Å². The molecule has 24 heavy (non-hydrogen) atoms. The van der Waals surface area contributed by atoms with Crippen LogP contribution < -0.4 is 0 Å². The molecule has 3 rings (SSSR count). The lowest BCUT2D eigenvalue weighted by molar-refractivity contribution is 0.183. The number of thiophene rings is 1. The van der Waals surface area contributed by atoms with Gasteiger partial charge in [-0.2, -0.15) is 4.31 Å². The Morgan fingerprint density at radius 3 is 2.46 bits per heavy atom. The van der Waals surface area contributed by atoms with E-state index in [2.05, 4.69) is 26.9 Å². The molecule has 130 valence electrons. The predicted octanol–water partition coefficient (Wildman–Crippen LogP) is 3.46. The Morgan fingerprint density at radius 1 is 1.17 bits per heavy atom. The van der Waals surface area contributed by atoms with E-state index in [0.29, 0.717) is 31.7 Å². The van der Waals surface area contributed by atoms with Gasteiger partial charge in [-0.05, 0) is 52.7 Å². The minimum atomic E-state index is -3.63. The Hall–Kier alpha value is -0.800. The molecule has 0 radical (unpaired) electrons. The largest absolute Gasteiger partial charge is 0.296 e. The van der Waals surface area contributed by atoms with E-state index in [1.165, 1.54) is 21.3 Å². The molecule has 4 nitrogen and oxygen atoms in total. The third-order valence-corrected chi connectivity index (χ3v) is 7.62. The smallest absolute Gasteiger partial charge is 0.243 e. The molecule has 2 heterocycles. The van der Waals surface area contributed by atoms with Crippen molar-refractivity contribution in [2.45, 2.75) is 18.4 Å². The highest BCUT2D eigenvalue weighted by molar-refractivity contribution is 9.11. The number of piperazine rings is 1. The fourth-order valence-electron chi connectivity index (χ4n) is 2.67. The highest BCUT2D eigenvalue weighted by Crippen LogP contribution is 2.25. The Balaban J connectivity index is 1.65. The summed E-state index contributed by atoms with van der Waals surface area (Å²) in [5.41, 5.74) is 0.445. The zero-order valence-corrected chi connectivity index (χ0v) is 16.4. The molecule has 1 fully saturated rings. The zero-order valence-electron chi connectivity index (χ0n) is 13.2. The third-order valence-electron chi connectivity index (χ3n) is 4.12. The molecule has 1 aliphatic rings. The van der Waals surface area contributed by atoms with Gasteiger partial charge in [0.25, 0.3) is 0 Å². The van der Waals surface area contributed by atoms with E-state index in [9.17, 15) is 12.8 Å². The van der Waals surface area contributed by atoms with Crippen molar-refractivity contribution in [2.75, 3.05) is 26.2 Å². The second-order valence-corrected chi connectivity index (χ2v) is 10.3. The molecule has 1 aliphatic heterocycles. The summed E-state index contributed by atoms with van der Waals surface area (Å²) in [5, 5.41) is 0. The number of hydrogen-bond acceptors (Lipinski definition) is 4. The molecule has 2 aromatic rings. The molecule has 0 amide bonds. The number of benzene rings is 1. The van der Waals surface area contributed by atoms with Crippen LogP contribution in [0.1, 0.15) is 10.4 Å². The minimum absolute atomic E-state index is 0.0289. The summed E-state index contributed by atoms with van der Waals surface area (Å²) in [6, 6.07) is 8.19. The summed E-state index contributed by atoms with van der Waals surface area (Å²) in [6.07, 6.45) is 0. The molecular formula is C16H18BrFN2O2S2. The van der Waals surface area contributed by atoms with Gasteiger partial charge in [0.05, 0.1) is 8.68 Å². The van der Waals surface area contributed by atoms with Crippen LogP contribution in [0.25, 0.3) is 0 Å². The highest BCUT2D eigenvalue weighted by Gasteiger charge is 2.29. The van der Waals surface area contributed by atoms with Crippen LogP contribution in [0.4, 0.5) is 4.39 Å². The molecule has 1 aromatic heterocycles. The summed E-state index contributed by atoms with van der Waals surface area (Å²) >= 11 is 5.14. The van der Waals surface area contributed by atoms with Gasteiger partial charge in [-0.1, -0.05) is 6.07 Å². The van der Waals surface area contributed by atoms with Gasteiger partial charge in [-0.25, -0.2) is 12.8 Å². The fraction of sp³-hybridized carbons (Fsp3) is 0.375. The maximum Gasteiger partial charge on any atom is 0.243 e. The number of hydrogen-bond donors (Lipinski definition) is 0. The van der Waals surface area contributed by atoms with E-state index in [-0.39, 0.29) is 4.90 Å². The maximum absolute atomic E-state index is 13.7. The first-order chi connectivity index (χ1) is 11.4. The first-order valence-electron chi connectivity index (χ1n) is 7.59. The van der Waals surface area contributed by atoms with E-state index in [1.807, 2.05) is 6.07 Å². The van der Waals surface area contributed by atoms with Crippen LogP contribution in [0.15, 0.2) is 39.0 Å². The second-order valence-electron chi connectivity index (χ2n) is 5.80. The van der Waals surface area contributed by atoms with Crippen LogP contribution in [0, 0.1) is 12.7 Å². The Labute approximate surface area is 154 Å². The monoisotopic (exact) mass is 432 g/mol. The van der Waals surface area contributed by atoms with Gasteiger partial charge in [-0.15, -0.1) is 11.3 Å². The summed E-state index contributed by atoms with van der Waals surface area (Å²) in [6.45, 7) is 4.62. The van der Waals surface area contributed by atoms with Crippen LogP contribution in [0.2, 0.25) is 0 Å². The standard InChI is InChI=1S/C16H18BrFN2O2S2/c1-12-2-4-14(10-15(12)18)24(21,22)20-8-6-19(7-9-20)11-13-3-5-16(17)23-13/h2-5,10H,6-9,11H2,1H3. The van der Waals surface area contributed by atoms with Crippen molar-refractivity contribution in [1.29, 1.82) is 0 Å². The summed E-state index contributed by atoms with van der Waals surface area (Å²) < 4.78 is 41.5. The molecule has 8 heteroatoms.